The Morgan fingerprint density at radius 1 is 1.39 bits per heavy atom. The molecule has 0 aromatic carbocycles. The van der Waals surface area contributed by atoms with Crippen LogP contribution >= 0.6 is 11.3 Å². The summed E-state index contributed by atoms with van der Waals surface area (Å²) in [5.41, 5.74) is 2.56. The molecule has 23 heavy (non-hydrogen) atoms. The lowest BCUT2D eigenvalue weighted by Crippen LogP contribution is -2.15. The number of carbonyl (C=O) groups is 2. The maximum absolute atomic E-state index is 12.0. The third-order valence-electron chi connectivity index (χ3n) is 3.08. The minimum absolute atomic E-state index is 0.117. The van der Waals surface area contributed by atoms with Crippen LogP contribution in [0.3, 0.4) is 0 Å². The number of nitrogens with one attached hydrogen (secondary N) is 1. The minimum atomic E-state index is -0.319. The van der Waals surface area contributed by atoms with Crippen LogP contribution in [0.1, 0.15) is 30.4 Å². The number of hydrogen-bond donors (Lipinski definition) is 1. The molecule has 1 N–H and O–H groups in total. The molecule has 8 heteroatoms. The molecule has 0 unspecified atom stereocenters. The van der Waals surface area contributed by atoms with Crippen molar-refractivity contribution in [2.75, 3.05) is 11.9 Å². The number of ether oxygens (including phenoxy) is 1. The van der Waals surface area contributed by atoms with Crippen molar-refractivity contribution in [3.8, 4) is 0 Å². The Labute approximate surface area is 138 Å². The van der Waals surface area contributed by atoms with Crippen LogP contribution in [0.4, 0.5) is 5.13 Å². The van der Waals surface area contributed by atoms with Crippen LogP contribution < -0.4 is 5.32 Å². The molecule has 0 bridgehead atoms. The van der Waals surface area contributed by atoms with E-state index < -0.39 is 0 Å². The van der Waals surface area contributed by atoms with Crippen LogP contribution in [-0.2, 0) is 27.3 Å². The molecular formula is C15H20N4O3S. The fraction of sp³-hybridized carbons (Fsp3) is 0.467. The van der Waals surface area contributed by atoms with Gasteiger partial charge in [0.15, 0.2) is 5.13 Å². The van der Waals surface area contributed by atoms with E-state index in [1.54, 1.807) is 12.3 Å². The predicted octanol–water partition coefficient (Wildman–Crippen LogP) is 2.09. The molecule has 0 radical (unpaired) electrons. The van der Waals surface area contributed by atoms with Gasteiger partial charge in [-0.3, -0.25) is 14.3 Å². The van der Waals surface area contributed by atoms with E-state index >= 15 is 0 Å². The summed E-state index contributed by atoms with van der Waals surface area (Å²) in [6, 6.07) is 1.97. The summed E-state index contributed by atoms with van der Waals surface area (Å²) in [5, 5.41) is 9.29. The molecular weight excluding hydrogens is 316 g/mol. The fourth-order valence-electron chi connectivity index (χ4n) is 2.10. The minimum Gasteiger partial charge on any atom is -0.466 e. The Hall–Kier alpha value is -2.22. The largest absolute Gasteiger partial charge is 0.466 e. The smallest absolute Gasteiger partial charge is 0.311 e. The van der Waals surface area contributed by atoms with Crippen LogP contribution in [0, 0.1) is 13.8 Å². The molecule has 124 valence electrons. The summed E-state index contributed by atoms with van der Waals surface area (Å²) in [5.74, 6) is -0.449. The van der Waals surface area contributed by atoms with Gasteiger partial charge in [-0.2, -0.15) is 5.10 Å². The standard InChI is InChI=1S/C15H20N4O3S/c1-4-22-14(21)8-12-9-23-15(16-12)17-13(20)5-6-19-11(3)7-10(2)18-19/h7,9H,4-6,8H2,1-3H3,(H,16,17,20). The number of rotatable bonds is 7. The molecule has 0 fully saturated rings. The zero-order valence-electron chi connectivity index (χ0n) is 13.5. The van der Waals surface area contributed by atoms with E-state index in [-0.39, 0.29) is 18.3 Å². The topological polar surface area (TPSA) is 86.1 Å². The van der Waals surface area contributed by atoms with Gasteiger partial charge in [0.1, 0.15) is 0 Å². The third-order valence-corrected chi connectivity index (χ3v) is 3.89. The Balaban J connectivity index is 1.82. The summed E-state index contributed by atoms with van der Waals surface area (Å²) in [7, 11) is 0. The van der Waals surface area contributed by atoms with Crippen molar-refractivity contribution in [2.45, 2.75) is 40.2 Å². The van der Waals surface area contributed by atoms with E-state index in [0.29, 0.717) is 30.4 Å². The second-order valence-corrected chi connectivity index (χ2v) is 5.93. The molecule has 0 aliphatic heterocycles. The number of hydrogen-bond acceptors (Lipinski definition) is 6. The van der Waals surface area contributed by atoms with E-state index in [4.69, 9.17) is 4.74 Å². The molecule has 2 aromatic rings. The van der Waals surface area contributed by atoms with Gasteiger partial charge in [0, 0.05) is 24.0 Å². The van der Waals surface area contributed by atoms with Gasteiger partial charge in [-0.25, -0.2) is 4.98 Å². The quantitative estimate of drug-likeness (QED) is 0.783. The van der Waals surface area contributed by atoms with Crippen molar-refractivity contribution in [3.63, 3.8) is 0 Å². The van der Waals surface area contributed by atoms with Crippen molar-refractivity contribution in [2.24, 2.45) is 0 Å². The third kappa shape index (κ3) is 5.17. The van der Waals surface area contributed by atoms with Crippen LogP contribution in [0.15, 0.2) is 11.4 Å². The molecule has 0 atom stereocenters. The second kappa shape index (κ2) is 7.87. The normalized spacial score (nSPS) is 10.6. The summed E-state index contributed by atoms with van der Waals surface area (Å²) in [6.07, 6.45) is 0.431. The number of esters is 1. The Kier molecular flexibility index (Phi) is 5.86. The van der Waals surface area contributed by atoms with Gasteiger partial charge in [0.25, 0.3) is 0 Å². The number of amides is 1. The summed E-state index contributed by atoms with van der Waals surface area (Å²) < 4.78 is 6.67. The number of aromatic nitrogens is 3. The maximum atomic E-state index is 12.0. The highest BCUT2D eigenvalue weighted by atomic mass is 32.1. The average molecular weight is 336 g/mol. The first-order valence-corrected chi connectivity index (χ1v) is 8.26. The zero-order valence-corrected chi connectivity index (χ0v) is 14.3. The molecule has 2 rings (SSSR count). The molecule has 0 spiro atoms. The molecule has 2 heterocycles. The van der Waals surface area contributed by atoms with Crippen molar-refractivity contribution in [1.29, 1.82) is 0 Å². The van der Waals surface area contributed by atoms with Gasteiger partial charge >= 0.3 is 5.97 Å². The number of carbonyl (C=O) groups excluding carboxylic acids is 2. The Morgan fingerprint density at radius 2 is 2.17 bits per heavy atom. The molecule has 0 aliphatic rings. The summed E-state index contributed by atoms with van der Waals surface area (Å²) >= 11 is 1.29. The van der Waals surface area contributed by atoms with Gasteiger partial charge in [0.05, 0.1) is 24.4 Å². The number of nitrogens with zero attached hydrogens (tertiary/aromatic N) is 3. The van der Waals surface area contributed by atoms with Gasteiger partial charge < -0.3 is 10.1 Å². The molecule has 1 amide bonds. The molecule has 0 saturated carbocycles. The lowest BCUT2D eigenvalue weighted by atomic mass is 10.3. The lowest BCUT2D eigenvalue weighted by molar-refractivity contribution is -0.142. The van der Waals surface area contributed by atoms with Gasteiger partial charge in [-0.1, -0.05) is 0 Å². The second-order valence-electron chi connectivity index (χ2n) is 5.07. The van der Waals surface area contributed by atoms with Gasteiger partial charge in [0.2, 0.25) is 5.91 Å². The lowest BCUT2D eigenvalue weighted by Gasteiger charge is -2.04. The summed E-state index contributed by atoms with van der Waals surface area (Å²) in [4.78, 5) is 27.6. The molecule has 7 nitrogen and oxygen atoms in total. The van der Waals surface area contributed by atoms with Crippen molar-refractivity contribution >= 4 is 28.3 Å². The predicted molar refractivity (Wildman–Crippen MR) is 87.4 cm³/mol. The van der Waals surface area contributed by atoms with Crippen LogP contribution in [-0.4, -0.2) is 33.2 Å². The SMILES string of the molecule is CCOC(=O)Cc1csc(NC(=O)CCn2nc(C)cc2C)n1. The van der Waals surface area contributed by atoms with Gasteiger partial charge in [-0.15, -0.1) is 11.3 Å². The maximum Gasteiger partial charge on any atom is 0.311 e. The molecule has 0 aliphatic carbocycles. The Morgan fingerprint density at radius 3 is 2.83 bits per heavy atom. The van der Waals surface area contributed by atoms with Crippen LogP contribution in [0.2, 0.25) is 0 Å². The van der Waals surface area contributed by atoms with Crippen LogP contribution in [0.5, 0.6) is 0 Å². The van der Waals surface area contributed by atoms with Crippen LogP contribution in [0.25, 0.3) is 0 Å². The van der Waals surface area contributed by atoms with E-state index in [2.05, 4.69) is 15.4 Å². The highest BCUT2D eigenvalue weighted by Gasteiger charge is 2.11. The van der Waals surface area contributed by atoms with Crippen molar-refractivity contribution in [1.82, 2.24) is 14.8 Å². The first-order chi connectivity index (χ1) is 11.0. The zero-order chi connectivity index (χ0) is 16.8. The van der Waals surface area contributed by atoms with E-state index in [1.165, 1.54) is 11.3 Å². The van der Waals surface area contributed by atoms with Gasteiger partial charge in [-0.05, 0) is 26.8 Å². The first-order valence-electron chi connectivity index (χ1n) is 7.39. The first kappa shape index (κ1) is 17.1. The van der Waals surface area contributed by atoms with Crippen molar-refractivity contribution in [3.05, 3.63) is 28.5 Å². The fourth-order valence-corrected chi connectivity index (χ4v) is 2.82. The molecule has 0 saturated heterocycles. The monoisotopic (exact) mass is 336 g/mol. The highest BCUT2D eigenvalue weighted by Crippen LogP contribution is 2.16. The number of thiazole rings is 1. The van der Waals surface area contributed by atoms with E-state index in [0.717, 1.165) is 11.4 Å². The highest BCUT2D eigenvalue weighted by molar-refractivity contribution is 7.13. The van der Waals surface area contributed by atoms with E-state index in [9.17, 15) is 9.59 Å². The average Bonchev–Trinajstić information content (AvgIpc) is 3.03. The number of anilines is 1. The number of aryl methyl sites for hydroxylation is 3. The summed E-state index contributed by atoms with van der Waals surface area (Å²) in [6.45, 7) is 6.50. The van der Waals surface area contributed by atoms with E-state index in [1.807, 2.05) is 24.6 Å². The Bertz CT molecular complexity index is 693. The molecule has 2 aromatic heterocycles. The van der Waals surface area contributed by atoms with Crippen molar-refractivity contribution < 1.29 is 14.3 Å².